The molecule has 1 aromatic carbocycles. The lowest BCUT2D eigenvalue weighted by atomic mass is 9.94. The second kappa shape index (κ2) is 4.92. The van der Waals surface area contributed by atoms with Crippen LogP contribution in [-0.4, -0.2) is 42.1 Å². The fourth-order valence-electron chi connectivity index (χ4n) is 2.62. The highest BCUT2D eigenvalue weighted by molar-refractivity contribution is 5.73. The van der Waals surface area contributed by atoms with Gasteiger partial charge in [-0.15, -0.1) is 0 Å². The van der Waals surface area contributed by atoms with E-state index in [0.29, 0.717) is 6.61 Å². The van der Waals surface area contributed by atoms with E-state index in [4.69, 9.17) is 14.2 Å². The van der Waals surface area contributed by atoms with Crippen LogP contribution < -0.4 is 0 Å². The Hall–Kier alpha value is -1.43. The quantitative estimate of drug-likeness (QED) is 0.812. The number of carbonyl (C=O) groups is 1. The topological polar surface area (TPSA) is 65.0 Å². The van der Waals surface area contributed by atoms with Gasteiger partial charge in [-0.05, 0) is 5.56 Å². The van der Waals surface area contributed by atoms with E-state index in [2.05, 4.69) is 0 Å². The van der Waals surface area contributed by atoms with E-state index in [9.17, 15) is 9.90 Å². The Morgan fingerprint density at radius 3 is 2.84 bits per heavy atom. The van der Waals surface area contributed by atoms with Gasteiger partial charge in [0.2, 0.25) is 0 Å². The maximum atomic E-state index is 11.3. The minimum atomic E-state index is -0.814. The molecule has 2 aliphatic heterocycles. The van der Waals surface area contributed by atoms with Gasteiger partial charge in [-0.2, -0.15) is 0 Å². The third-order valence-electron chi connectivity index (χ3n) is 3.60. The van der Waals surface area contributed by atoms with Crippen molar-refractivity contribution in [1.29, 1.82) is 0 Å². The number of cyclic esters (lactones) is 1. The van der Waals surface area contributed by atoms with Gasteiger partial charge in [-0.3, -0.25) is 4.79 Å². The maximum absolute atomic E-state index is 11.3. The number of aliphatic hydroxyl groups excluding tert-OH is 1. The minimum absolute atomic E-state index is 0.142. The zero-order valence-electron chi connectivity index (χ0n) is 10.5. The molecule has 19 heavy (non-hydrogen) atoms. The predicted octanol–water partition coefficient (Wildman–Crippen LogP) is 0.649. The number of ether oxygens (including phenoxy) is 3. The summed E-state index contributed by atoms with van der Waals surface area (Å²) in [4.78, 5) is 11.3. The van der Waals surface area contributed by atoms with Crippen LogP contribution in [0.15, 0.2) is 30.3 Å². The van der Waals surface area contributed by atoms with Crippen LogP contribution in [0.25, 0.3) is 0 Å². The summed E-state index contributed by atoms with van der Waals surface area (Å²) in [6, 6.07) is 9.69. The zero-order valence-corrected chi connectivity index (χ0v) is 10.5. The number of carbonyl (C=O) groups excluding carboxylic acids is 1. The van der Waals surface area contributed by atoms with Crippen LogP contribution in [-0.2, 0) is 25.6 Å². The van der Waals surface area contributed by atoms with Crippen molar-refractivity contribution in [3.63, 3.8) is 0 Å². The van der Waals surface area contributed by atoms with Crippen LogP contribution in [0.4, 0.5) is 0 Å². The van der Waals surface area contributed by atoms with Gasteiger partial charge in [0.05, 0.1) is 19.6 Å². The molecule has 5 heteroatoms. The SMILES string of the molecule is O=C1C[C@@]2(CO1)OC[C@@H](O)[C@@H]2OCc1ccccc1. The fraction of sp³-hybridized carbons (Fsp3) is 0.500. The van der Waals surface area contributed by atoms with E-state index in [1.165, 1.54) is 0 Å². The van der Waals surface area contributed by atoms with Gasteiger partial charge in [0.15, 0.2) is 0 Å². The summed E-state index contributed by atoms with van der Waals surface area (Å²) in [6.07, 6.45) is -1.11. The molecule has 3 rings (SSSR count). The molecule has 5 nitrogen and oxygen atoms in total. The monoisotopic (exact) mass is 264 g/mol. The smallest absolute Gasteiger partial charge is 0.309 e. The van der Waals surface area contributed by atoms with Crippen LogP contribution >= 0.6 is 0 Å². The lowest BCUT2D eigenvalue weighted by molar-refractivity contribution is -0.138. The summed E-state index contributed by atoms with van der Waals surface area (Å²) in [5.74, 6) is -0.303. The van der Waals surface area contributed by atoms with Gasteiger partial charge in [-0.1, -0.05) is 30.3 Å². The number of esters is 1. The van der Waals surface area contributed by atoms with Crippen molar-refractivity contribution < 1.29 is 24.1 Å². The molecule has 0 amide bonds. The zero-order chi connectivity index (χ0) is 13.3. The molecule has 0 bridgehead atoms. The van der Waals surface area contributed by atoms with E-state index in [1.807, 2.05) is 30.3 Å². The first kappa shape index (κ1) is 12.6. The minimum Gasteiger partial charge on any atom is -0.462 e. The van der Waals surface area contributed by atoms with E-state index >= 15 is 0 Å². The van der Waals surface area contributed by atoms with Crippen molar-refractivity contribution in [1.82, 2.24) is 0 Å². The third kappa shape index (κ3) is 2.36. The molecule has 0 radical (unpaired) electrons. The molecular formula is C14H16O5. The van der Waals surface area contributed by atoms with Crippen LogP contribution in [0, 0.1) is 0 Å². The Morgan fingerprint density at radius 2 is 2.16 bits per heavy atom. The molecule has 0 unspecified atom stereocenters. The molecule has 2 fully saturated rings. The summed E-state index contributed by atoms with van der Waals surface area (Å²) >= 11 is 0. The molecule has 0 aromatic heterocycles. The first-order valence-corrected chi connectivity index (χ1v) is 6.33. The Morgan fingerprint density at radius 1 is 1.37 bits per heavy atom. The van der Waals surface area contributed by atoms with E-state index in [1.54, 1.807) is 0 Å². The second-order valence-electron chi connectivity index (χ2n) is 5.00. The fourth-order valence-corrected chi connectivity index (χ4v) is 2.62. The molecule has 1 aromatic rings. The van der Waals surface area contributed by atoms with Gasteiger partial charge in [0, 0.05) is 0 Å². The molecule has 1 N–H and O–H groups in total. The molecule has 3 atom stereocenters. The Balaban J connectivity index is 1.69. The molecule has 0 aliphatic carbocycles. The number of rotatable bonds is 3. The van der Waals surface area contributed by atoms with Crippen LogP contribution in [0.5, 0.6) is 0 Å². The lowest BCUT2D eigenvalue weighted by Gasteiger charge is -2.27. The predicted molar refractivity (Wildman–Crippen MR) is 65.3 cm³/mol. The van der Waals surface area contributed by atoms with Crippen molar-refractivity contribution in [2.45, 2.75) is 30.8 Å². The Kier molecular flexibility index (Phi) is 3.26. The summed E-state index contributed by atoms with van der Waals surface area (Å²) < 4.78 is 16.3. The van der Waals surface area contributed by atoms with Crippen LogP contribution in [0.2, 0.25) is 0 Å². The van der Waals surface area contributed by atoms with Crippen LogP contribution in [0.3, 0.4) is 0 Å². The average molecular weight is 264 g/mol. The number of aliphatic hydroxyl groups is 1. The molecule has 2 saturated heterocycles. The van der Waals surface area contributed by atoms with Crippen molar-refractivity contribution in [3.05, 3.63) is 35.9 Å². The van der Waals surface area contributed by atoms with Crippen molar-refractivity contribution in [3.8, 4) is 0 Å². The van der Waals surface area contributed by atoms with Gasteiger partial charge in [-0.25, -0.2) is 0 Å². The van der Waals surface area contributed by atoms with Gasteiger partial charge < -0.3 is 19.3 Å². The van der Waals surface area contributed by atoms with Gasteiger partial charge >= 0.3 is 5.97 Å². The molecule has 102 valence electrons. The number of hydrogen-bond acceptors (Lipinski definition) is 5. The first-order valence-electron chi connectivity index (χ1n) is 6.33. The molecule has 2 heterocycles. The molecule has 2 aliphatic rings. The second-order valence-corrected chi connectivity index (χ2v) is 5.00. The summed E-state index contributed by atoms with van der Waals surface area (Å²) in [6.45, 7) is 0.709. The molecule has 0 saturated carbocycles. The van der Waals surface area contributed by atoms with Crippen molar-refractivity contribution >= 4 is 5.97 Å². The van der Waals surface area contributed by atoms with Crippen molar-refractivity contribution in [2.75, 3.05) is 13.2 Å². The Labute approximate surface area is 111 Å². The van der Waals surface area contributed by atoms with E-state index in [0.717, 1.165) is 5.56 Å². The van der Waals surface area contributed by atoms with Crippen molar-refractivity contribution in [2.24, 2.45) is 0 Å². The third-order valence-corrected chi connectivity index (χ3v) is 3.60. The highest BCUT2D eigenvalue weighted by atomic mass is 16.6. The van der Waals surface area contributed by atoms with Gasteiger partial charge in [0.25, 0.3) is 0 Å². The highest BCUT2D eigenvalue weighted by Gasteiger charge is 2.56. The normalized spacial score (nSPS) is 33.8. The van der Waals surface area contributed by atoms with Crippen LogP contribution in [0.1, 0.15) is 12.0 Å². The summed E-state index contributed by atoms with van der Waals surface area (Å²) in [5, 5.41) is 9.96. The highest BCUT2D eigenvalue weighted by Crippen LogP contribution is 2.37. The lowest BCUT2D eigenvalue weighted by Crippen LogP contribution is -2.45. The van der Waals surface area contributed by atoms with E-state index < -0.39 is 17.8 Å². The average Bonchev–Trinajstić information content (AvgIpc) is 2.94. The summed E-state index contributed by atoms with van der Waals surface area (Å²) in [5.41, 5.74) is 0.202. The van der Waals surface area contributed by atoms with Gasteiger partial charge in [0.1, 0.15) is 24.4 Å². The number of hydrogen-bond donors (Lipinski definition) is 1. The Bertz CT molecular complexity index is 460. The first-order chi connectivity index (χ1) is 9.20. The largest absolute Gasteiger partial charge is 0.462 e. The number of benzene rings is 1. The standard InChI is InChI=1S/C14H16O5/c15-11-8-19-14(6-12(16)18-9-14)13(11)17-7-10-4-2-1-3-5-10/h1-5,11,13,15H,6-9H2/t11-,13+,14+/m1/s1. The maximum Gasteiger partial charge on any atom is 0.309 e. The molecule has 1 spiro atoms. The molecular weight excluding hydrogens is 248 g/mol. The summed E-state index contributed by atoms with van der Waals surface area (Å²) in [7, 11) is 0. The van der Waals surface area contributed by atoms with E-state index in [-0.39, 0.29) is 25.6 Å².